The molecule has 4 aliphatic rings. The number of nitrogens with one attached hydrogen (secondary N) is 1. The molecule has 72 heavy (non-hydrogen) atoms. The van der Waals surface area contributed by atoms with Gasteiger partial charge in [0.25, 0.3) is 5.91 Å². The molecule has 3 aliphatic carbocycles. The first kappa shape index (κ1) is 51.1. The number of carbonyl (C=O) groups is 7. The van der Waals surface area contributed by atoms with Gasteiger partial charge >= 0.3 is 29.8 Å². The van der Waals surface area contributed by atoms with Gasteiger partial charge in [0.1, 0.15) is 30.0 Å². The summed E-state index contributed by atoms with van der Waals surface area (Å²) >= 11 is 0. The number of fused-ring (bicyclic) bond motifs is 5. The molecule has 376 valence electrons. The summed E-state index contributed by atoms with van der Waals surface area (Å²) in [5, 5.41) is 28.9. The number of ether oxygens (including phenoxy) is 6. The van der Waals surface area contributed by atoms with Gasteiger partial charge in [0.15, 0.2) is 23.6 Å². The number of esters is 5. The molecule has 16 heteroatoms. The molecule has 1 amide bonds. The highest BCUT2D eigenvalue weighted by Gasteiger charge is 2.79. The largest absolute Gasteiger partial charge is 0.461 e. The van der Waals surface area contributed by atoms with Crippen molar-refractivity contribution in [3.05, 3.63) is 167 Å². The highest BCUT2D eigenvalue weighted by Crippen LogP contribution is 2.65. The van der Waals surface area contributed by atoms with Crippen LogP contribution in [0.15, 0.2) is 145 Å². The van der Waals surface area contributed by atoms with Gasteiger partial charge in [0, 0.05) is 30.7 Å². The lowest BCUT2D eigenvalue weighted by atomic mass is 9.44. The molecule has 2 bridgehead atoms. The molecule has 0 aromatic heterocycles. The number of hydrogen-bond acceptors (Lipinski definition) is 15. The van der Waals surface area contributed by atoms with Gasteiger partial charge in [-0.05, 0) is 67.0 Å². The molecule has 4 aromatic rings. The molecular weight excluding hydrogens is 927 g/mol. The van der Waals surface area contributed by atoms with Crippen molar-refractivity contribution in [1.29, 1.82) is 0 Å². The average molecular weight is 984 g/mol. The lowest BCUT2D eigenvalue weighted by Gasteiger charge is -2.67. The van der Waals surface area contributed by atoms with Crippen LogP contribution in [0.4, 0.5) is 0 Å². The van der Waals surface area contributed by atoms with Gasteiger partial charge in [0.05, 0.1) is 41.5 Å². The molecule has 16 nitrogen and oxygen atoms in total. The van der Waals surface area contributed by atoms with Crippen LogP contribution in [0.3, 0.4) is 0 Å². The lowest BCUT2D eigenvalue weighted by molar-refractivity contribution is -0.346. The van der Waals surface area contributed by atoms with Crippen LogP contribution in [0.1, 0.15) is 96.6 Å². The Morgan fingerprint density at radius 1 is 0.792 bits per heavy atom. The summed E-state index contributed by atoms with van der Waals surface area (Å²) in [6, 6.07) is 30.6. The van der Waals surface area contributed by atoms with E-state index >= 15 is 4.79 Å². The summed E-state index contributed by atoms with van der Waals surface area (Å²) in [5.74, 6) is -7.97. The van der Waals surface area contributed by atoms with Gasteiger partial charge in [-0.1, -0.05) is 105 Å². The average Bonchev–Trinajstić information content (AvgIpc) is 3.36. The molecule has 0 unspecified atom stereocenters. The summed E-state index contributed by atoms with van der Waals surface area (Å²) in [6.45, 7) is 10.5. The van der Waals surface area contributed by atoms with E-state index in [4.69, 9.17) is 28.4 Å². The second kappa shape index (κ2) is 20.1. The second-order valence-corrected chi connectivity index (χ2v) is 19.5. The Morgan fingerprint density at radius 3 is 1.86 bits per heavy atom. The monoisotopic (exact) mass is 983 g/mol. The van der Waals surface area contributed by atoms with Crippen LogP contribution in [0.5, 0.6) is 0 Å². The Labute approximate surface area is 416 Å². The van der Waals surface area contributed by atoms with E-state index < -0.39 is 119 Å². The number of hydrogen-bond donors (Lipinski definition) is 3. The first-order chi connectivity index (χ1) is 34.3. The van der Waals surface area contributed by atoms with E-state index in [-0.39, 0.29) is 47.3 Å². The third-order valence-corrected chi connectivity index (χ3v) is 15.0. The highest BCUT2D eigenvalue weighted by molar-refractivity contribution is 5.98. The van der Waals surface area contributed by atoms with E-state index in [1.54, 1.807) is 111 Å². The fraction of sp³-hybridized carbons (Fsp3) is 0.375. The number of amides is 1. The minimum absolute atomic E-state index is 0.0368. The summed E-state index contributed by atoms with van der Waals surface area (Å²) in [6.07, 6.45) is -9.89. The smallest absolute Gasteiger partial charge is 0.339 e. The molecule has 2 saturated carbocycles. The second-order valence-electron chi connectivity index (χ2n) is 19.5. The van der Waals surface area contributed by atoms with Gasteiger partial charge < -0.3 is 44.0 Å². The number of aliphatic hydroxyl groups excluding tert-OH is 1. The van der Waals surface area contributed by atoms with Crippen LogP contribution < -0.4 is 5.32 Å². The molecule has 0 spiro atoms. The molecule has 3 N–H and O–H groups in total. The predicted octanol–water partition coefficient (Wildman–Crippen LogP) is 6.16. The van der Waals surface area contributed by atoms with E-state index in [2.05, 4.69) is 11.9 Å². The maximum atomic E-state index is 16.4. The van der Waals surface area contributed by atoms with Crippen LogP contribution in [-0.2, 0) is 47.6 Å². The van der Waals surface area contributed by atoms with Gasteiger partial charge in [-0.3, -0.25) is 19.2 Å². The fourth-order valence-corrected chi connectivity index (χ4v) is 11.2. The standard InChI is InChI=1S/C56H57NO15/c1-7-20-41(59)69-39-29-40-55(31-67-40,72-33(3)58)46-48(71-51(64)37-27-18-11-19-28-37)56(66)30-38(68-52(65)44(60)43(34-21-12-8-13-22-34)57-49(62)35-23-14-9-15-24-35)32(2)42(53(56,4)5)45(47(61)54(39,46)6)70-50(63)36-25-16-10-17-26-36/h7-19,21-28,38-40,43-46,48,60,66H,1,20,29-31H2,2-6H3,(H,57,62)/t38-,39-,40+,43-,44+,45+,46-,48-,54+,55-,56+/m0/s1. The zero-order valence-corrected chi connectivity index (χ0v) is 40.5. The van der Waals surface area contributed by atoms with E-state index in [1.807, 2.05) is 0 Å². The number of aliphatic hydroxyl groups is 2. The molecule has 11 atom stereocenters. The third kappa shape index (κ3) is 9.03. The zero-order valence-electron chi connectivity index (χ0n) is 40.5. The van der Waals surface area contributed by atoms with Crippen molar-refractivity contribution in [2.24, 2.45) is 16.7 Å². The maximum Gasteiger partial charge on any atom is 0.339 e. The number of rotatable bonds is 14. The van der Waals surface area contributed by atoms with Crippen LogP contribution in [0.2, 0.25) is 0 Å². The molecule has 1 aliphatic heterocycles. The summed E-state index contributed by atoms with van der Waals surface area (Å²) in [7, 11) is 0. The summed E-state index contributed by atoms with van der Waals surface area (Å²) in [5.41, 5.74) is -7.55. The minimum atomic E-state index is -2.49. The van der Waals surface area contributed by atoms with Gasteiger partial charge in [-0.2, -0.15) is 0 Å². The summed E-state index contributed by atoms with van der Waals surface area (Å²) in [4.78, 5) is 101. The predicted molar refractivity (Wildman–Crippen MR) is 256 cm³/mol. The number of carbonyl (C=O) groups excluding carboxylic acids is 7. The Bertz CT molecular complexity index is 2780. The van der Waals surface area contributed by atoms with Gasteiger partial charge in [-0.15, -0.1) is 6.58 Å². The van der Waals surface area contributed by atoms with Crippen LogP contribution in [0, 0.1) is 16.7 Å². The Kier molecular flexibility index (Phi) is 14.3. The molecular formula is C56H57NO15. The summed E-state index contributed by atoms with van der Waals surface area (Å²) < 4.78 is 37.6. The molecule has 0 radical (unpaired) electrons. The minimum Gasteiger partial charge on any atom is -0.461 e. The first-order valence-corrected chi connectivity index (χ1v) is 23.7. The number of benzene rings is 4. The van der Waals surface area contributed by atoms with Crippen LogP contribution in [-0.4, -0.2) is 106 Å². The van der Waals surface area contributed by atoms with Crippen molar-refractivity contribution in [1.82, 2.24) is 5.32 Å². The lowest BCUT2D eigenvalue weighted by Crippen LogP contribution is -2.82. The van der Waals surface area contributed by atoms with E-state index in [0.717, 1.165) is 6.92 Å². The molecule has 8 rings (SSSR count). The van der Waals surface area contributed by atoms with Crippen molar-refractivity contribution in [2.75, 3.05) is 6.61 Å². The van der Waals surface area contributed by atoms with E-state index in [0.29, 0.717) is 5.56 Å². The van der Waals surface area contributed by atoms with Crippen molar-refractivity contribution < 1.29 is 72.2 Å². The number of Topliss-reactive ketones (excluding diaryl/α,β-unsaturated/α-hetero) is 1. The molecule has 1 saturated heterocycles. The van der Waals surface area contributed by atoms with Gasteiger partial charge in [0.2, 0.25) is 0 Å². The van der Waals surface area contributed by atoms with Crippen molar-refractivity contribution in [3.63, 3.8) is 0 Å². The number of ketones is 1. The SMILES string of the molecule is C=CCC(=O)O[C@H]1C[C@H]2OC[C@@]2(OC(C)=O)[C@H]2[C@H](OC(=O)c3ccccc3)[C@]3(O)C[C@H](OC(=O)[C@H](O)[C@@H](NC(=O)c4ccccc4)c4ccccc4)C(C)=C([C@@H](OC(=O)c4ccccc4)C(=O)[C@]12C)C3(C)C. The maximum absolute atomic E-state index is 16.4. The Morgan fingerprint density at radius 2 is 1.33 bits per heavy atom. The normalized spacial score (nSPS) is 28.8. The van der Waals surface area contributed by atoms with Crippen molar-refractivity contribution in [3.8, 4) is 0 Å². The van der Waals surface area contributed by atoms with Crippen LogP contribution >= 0.6 is 0 Å². The fourth-order valence-electron chi connectivity index (χ4n) is 11.2. The highest BCUT2D eigenvalue weighted by atomic mass is 16.6. The molecule has 3 fully saturated rings. The zero-order chi connectivity index (χ0) is 51.8. The van der Waals surface area contributed by atoms with Crippen molar-refractivity contribution in [2.45, 2.75) is 108 Å². The quantitative estimate of drug-likeness (QED) is 0.0731. The third-order valence-electron chi connectivity index (χ3n) is 15.0. The Hall–Kier alpha value is -7.27. The Balaban J connectivity index is 1.34. The van der Waals surface area contributed by atoms with E-state index in [1.165, 1.54) is 44.2 Å². The van der Waals surface area contributed by atoms with Crippen LogP contribution in [0.25, 0.3) is 0 Å². The molecule has 1 heterocycles. The van der Waals surface area contributed by atoms with Crippen molar-refractivity contribution >= 4 is 41.5 Å². The topological polar surface area (TPSA) is 227 Å². The first-order valence-electron chi connectivity index (χ1n) is 23.7. The van der Waals surface area contributed by atoms with Gasteiger partial charge in [-0.25, -0.2) is 14.4 Å². The van der Waals surface area contributed by atoms with E-state index in [9.17, 15) is 39.0 Å². The molecule has 4 aromatic carbocycles.